The highest BCUT2D eigenvalue weighted by Gasteiger charge is 2.49. The topological polar surface area (TPSA) is 95.6 Å². The first-order valence-corrected chi connectivity index (χ1v) is 20.8. The number of urea groups is 1. The molecule has 55 heavy (non-hydrogen) atoms. The molecule has 0 radical (unpaired) electrons. The molecule has 2 spiro atoms. The molecule has 4 amide bonds. The molecular weight excluding hydrogens is 712 g/mol. The standard InChI is InChI=1S/C43H53ClN8O3/c1-31-26-43(30-52(31)35-4-2-3-32(44)25-35)14-17-47(18-15-43)36-9-10-38(45-29-36)40(54)50-19-12-42(13-20-50)27-37(28-42)49-23-21-48(22-24-49)33-5-7-34(8-6-33)51-16-11-39(53)46-41(51)55/h2-10,25,29,31,37H,11-24,26-28,30H2,1H3,(H,46,53,55)/t31-/m0/s1. The van der Waals surface area contributed by atoms with Crippen LogP contribution in [-0.4, -0.2) is 110 Å². The van der Waals surface area contributed by atoms with E-state index in [4.69, 9.17) is 16.6 Å². The zero-order valence-electron chi connectivity index (χ0n) is 32.0. The molecule has 0 bridgehead atoms. The Hall–Kier alpha value is -4.35. The highest BCUT2D eigenvalue weighted by molar-refractivity contribution is 6.30. The van der Waals surface area contributed by atoms with E-state index >= 15 is 0 Å². The minimum atomic E-state index is -0.348. The summed E-state index contributed by atoms with van der Waals surface area (Å²) in [7, 11) is 0. The molecule has 1 aliphatic carbocycles. The number of pyridine rings is 1. The predicted molar refractivity (Wildman–Crippen MR) is 217 cm³/mol. The summed E-state index contributed by atoms with van der Waals surface area (Å²) >= 11 is 6.32. The molecule has 9 rings (SSSR count). The third-order valence-corrected chi connectivity index (χ3v) is 14.2. The fraction of sp³-hybridized carbons (Fsp3) is 0.535. The van der Waals surface area contributed by atoms with Crippen LogP contribution in [0.4, 0.5) is 27.5 Å². The first-order valence-electron chi connectivity index (χ1n) is 20.4. The maximum atomic E-state index is 13.6. The average Bonchev–Trinajstić information content (AvgIpc) is 3.52. The van der Waals surface area contributed by atoms with Crippen LogP contribution in [0.2, 0.25) is 5.02 Å². The minimum Gasteiger partial charge on any atom is -0.370 e. The van der Waals surface area contributed by atoms with Gasteiger partial charge in [-0.05, 0) is 117 Å². The molecule has 1 N–H and O–H groups in total. The van der Waals surface area contributed by atoms with E-state index in [-0.39, 0.29) is 17.8 Å². The molecule has 1 atom stereocenters. The summed E-state index contributed by atoms with van der Waals surface area (Å²) in [6, 6.07) is 21.2. The van der Waals surface area contributed by atoms with Gasteiger partial charge in [-0.2, -0.15) is 0 Å². The lowest BCUT2D eigenvalue weighted by Crippen LogP contribution is -2.59. The van der Waals surface area contributed by atoms with Crippen LogP contribution in [0.25, 0.3) is 0 Å². The third-order valence-electron chi connectivity index (χ3n) is 13.9. The third kappa shape index (κ3) is 7.26. The quantitative estimate of drug-likeness (QED) is 0.314. The fourth-order valence-electron chi connectivity index (χ4n) is 10.6. The highest BCUT2D eigenvalue weighted by Crippen LogP contribution is 2.51. The van der Waals surface area contributed by atoms with E-state index in [9.17, 15) is 14.4 Å². The van der Waals surface area contributed by atoms with Crippen molar-refractivity contribution < 1.29 is 14.4 Å². The average molecular weight is 765 g/mol. The van der Waals surface area contributed by atoms with Crippen molar-refractivity contribution in [2.24, 2.45) is 10.8 Å². The van der Waals surface area contributed by atoms with Crippen molar-refractivity contribution in [3.05, 3.63) is 77.6 Å². The Morgan fingerprint density at radius 3 is 2.09 bits per heavy atom. The van der Waals surface area contributed by atoms with Crippen LogP contribution in [0.3, 0.4) is 0 Å². The summed E-state index contributed by atoms with van der Waals surface area (Å²) in [5.74, 6) is -0.151. The monoisotopic (exact) mass is 764 g/mol. The van der Waals surface area contributed by atoms with E-state index in [0.29, 0.717) is 41.6 Å². The smallest absolute Gasteiger partial charge is 0.328 e. The summed E-state index contributed by atoms with van der Waals surface area (Å²) < 4.78 is 0. The van der Waals surface area contributed by atoms with Gasteiger partial charge in [0.05, 0.1) is 11.9 Å². The highest BCUT2D eigenvalue weighted by atomic mass is 35.5. The molecule has 1 saturated carbocycles. The molecule has 3 aromatic rings. The van der Waals surface area contributed by atoms with Gasteiger partial charge in [0.2, 0.25) is 5.91 Å². The molecule has 11 nitrogen and oxygen atoms in total. The van der Waals surface area contributed by atoms with E-state index < -0.39 is 0 Å². The number of hydrogen-bond acceptors (Lipinski definition) is 8. The summed E-state index contributed by atoms with van der Waals surface area (Å²) in [5.41, 5.74) is 5.58. The lowest BCUT2D eigenvalue weighted by Gasteiger charge is -2.56. The van der Waals surface area contributed by atoms with Crippen LogP contribution in [-0.2, 0) is 4.79 Å². The number of aromatic nitrogens is 1. The van der Waals surface area contributed by atoms with Gasteiger partial charge >= 0.3 is 6.03 Å². The number of amides is 4. The molecule has 2 aromatic carbocycles. The zero-order valence-corrected chi connectivity index (χ0v) is 32.7. The Bertz CT molecular complexity index is 1890. The van der Waals surface area contributed by atoms with Crippen LogP contribution in [0.15, 0.2) is 66.9 Å². The number of piperidine rings is 2. The largest absolute Gasteiger partial charge is 0.370 e. The molecule has 0 unspecified atom stereocenters. The molecule has 12 heteroatoms. The van der Waals surface area contributed by atoms with Gasteiger partial charge in [-0.1, -0.05) is 17.7 Å². The maximum Gasteiger partial charge on any atom is 0.328 e. The molecule has 6 aliphatic rings. The van der Waals surface area contributed by atoms with E-state index in [1.807, 2.05) is 41.4 Å². The lowest BCUT2D eigenvalue weighted by atomic mass is 9.60. The van der Waals surface area contributed by atoms with Crippen molar-refractivity contribution in [2.45, 2.75) is 70.4 Å². The number of nitrogens with zero attached hydrogens (tertiary/aromatic N) is 7. The number of nitrogens with one attached hydrogen (secondary N) is 1. The second kappa shape index (κ2) is 14.6. The van der Waals surface area contributed by atoms with Gasteiger partial charge in [0, 0.05) is 106 Å². The number of carbonyl (C=O) groups excluding carboxylic acids is 3. The molecule has 6 heterocycles. The lowest BCUT2D eigenvalue weighted by molar-refractivity contribution is -0.120. The molecular formula is C43H53ClN8O3. The van der Waals surface area contributed by atoms with Gasteiger partial charge in [-0.3, -0.25) is 24.7 Å². The van der Waals surface area contributed by atoms with E-state index in [1.54, 1.807) is 4.90 Å². The Labute approximate surface area is 329 Å². The molecule has 5 saturated heterocycles. The molecule has 1 aromatic heterocycles. The van der Waals surface area contributed by atoms with Crippen LogP contribution < -0.4 is 24.9 Å². The van der Waals surface area contributed by atoms with Crippen LogP contribution in [0, 0.1) is 10.8 Å². The van der Waals surface area contributed by atoms with Crippen molar-refractivity contribution in [3.63, 3.8) is 0 Å². The van der Waals surface area contributed by atoms with Crippen molar-refractivity contribution in [1.82, 2.24) is 20.1 Å². The van der Waals surface area contributed by atoms with Crippen molar-refractivity contribution in [1.29, 1.82) is 0 Å². The Balaban J connectivity index is 0.708. The van der Waals surface area contributed by atoms with Gasteiger partial charge in [0.25, 0.3) is 5.91 Å². The summed E-state index contributed by atoms with van der Waals surface area (Å²) in [6.45, 7) is 11.5. The number of benzene rings is 2. The maximum absolute atomic E-state index is 13.6. The molecule has 290 valence electrons. The Morgan fingerprint density at radius 2 is 1.42 bits per heavy atom. The van der Waals surface area contributed by atoms with Gasteiger partial charge in [-0.25, -0.2) is 9.78 Å². The summed E-state index contributed by atoms with van der Waals surface area (Å²) in [6.07, 6.45) is 10.4. The first kappa shape index (κ1) is 36.3. The number of piperazine rings is 1. The second-order valence-electron chi connectivity index (χ2n) is 17.2. The number of halogens is 1. The SMILES string of the molecule is C[C@H]1CC2(CCN(c3ccc(C(=O)N4CCC5(CC4)CC(N4CCN(c6ccc(N7CCC(=O)NC7=O)cc6)CC4)C5)nc3)CC2)CN1c1cccc(Cl)c1. The van der Waals surface area contributed by atoms with E-state index in [2.05, 4.69) is 62.2 Å². The Kier molecular flexibility index (Phi) is 9.65. The number of anilines is 4. The zero-order chi connectivity index (χ0) is 37.7. The number of carbonyl (C=O) groups is 3. The predicted octanol–water partition coefficient (Wildman–Crippen LogP) is 6.27. The second-order valence-corrected chi connectivity index (χ2v) is 17.6. The van der Waals surface area contributed by atoms with Crippen molar-refractivity contribution >= 4 is 52.2 Å². The van der Waals surface area contributed by atoms with Crippen LogP contribution in [0.5, 0.6) is 0 Å². The number of rotatable bonds is 6. The van der Waals surface area contributed by atoms with E-state index in [1.165, 1.54) is 30.6 Å². The molecule has 5 aliphatic heterocycles. The van der Waals surface area contributed by atoms with Gasteiger partial charge in [-0.15, -0.1) is 0 Å². The summed E-state index contributed by atoms with van der Waals surface area (Å²) in [5, 5.41) is 3.19. The van der Waals surface area contributed by atoms with Crippen molar-refractivity contribution in [2.75, 3.05) is 85.0 Å². The fourth-order valence-corrected chi connectivity index (χ4v) is 10.8. The Morgan fingerprint density at radius 1 is 0.745 bits per heavy atom. The van der Waals surface area contributed by atoms with Crippen LogP contribution in [0.1, 0.15) is 68.8 Å². The van der Waals surface area contributed by atoms with Gasteiger partial charge in [0.1, 0.15) is 5.69 Å². The first-order chi connectivity index (χ1) is 26.6. The summed E-state index contributed by atoms with van der Waals surface area (Å²) in [4.78, 5) is 55.7. The van der Waals surface area contributed by atoms with Gasteiger partial charge < -0.3 is 19.6 Å². The minimum absolute atomic E-state index is 0.0642. The number of likely N-dealkylation sites (tertiary alicyclic amines) is 1. The molecule has 6 fully saturated rings. The number of imide groups is 1. The van der Waals surface area contributed by atoms with Crippen LogP contribution >= 0.6 is 11.6 Å². The van der Waals surface area contributed by atoms with Gasteiger partial charge in [0.15, 0.2) is 0 Å². The normalized spacial score (nSPS) is 24.4. The van der Waals surface area contributed by atoms with E-state index in [0.717, 1.165) is 101 Å². The van der Waals surface area contributed by atoms with Crippen molar-refractivity contribution in [3.8, 4) is 0 Å². The number of hydrogen-bond donors (Lipinski definition) is 1.